The first-order chi connectivity index (χ1) is 16.5. The van der Waals surface area contributed by atoms with Crippen LogP contribution in [0.5, 0.6) is 5.95 Å². The molecule has 3 atom stereocenters. The van der Waals surface area contributed by atoms with Crippen LogP contribution in [0.15, 0.2) is 63.5 Å². The molecule has 0 spiro atoms. The molecule has 0 saturated carbocycles. The standard InChI is InChI=1S/C26H16N2O6/c29-23-19(11-5-1-3-7-15(11)27-23)21-13-9-18-14(10-17(13)33-25(21)31)22(26(32)34-18)20-12-6-2-4-8-16(12)28-24(20)30/h1-10,13,17,25,31-32H,(H,27,29)/b21-19-. The number of nitrogens with zero attached hydrogens (tertiary/aromatic N) is 1. The minimum atomic E-state index is -1.30. The summed E-state index contributed by atoms with van der Waals surface area (Å²) in [7, 11) is 0. The molecule has 8 nitrogen and oxygen atoms in total. The minimum Gasteiger partial charge on any atom is -0.480 e. The Balaban J connectivity index is 1.46. The maximum atomic E-state index is 12.8. The summed E-state index contributed by atoms with van der Waals surface area (Å²) in [6, 6.07) is 14.3. The first-order valence-corrected chi connectivity index (χ1v) is 10.8. The maximum Gasteiger partial charge on any atom is 0.291 e. The molecule has 0 radical (unpaired) electrons. The Morgan fingerprint density at radius 2 is 1.76 bits per heavy atom. The van der Waals surface area contributed by atoms with Crippen LogP contribution in [0, 0.1) is 5.92 Å². The van der Waals surface area contributed by atoms with E-state index in [1.165, 1.54) is 0 Å². The summed E-state index contributed by atoms with van der Waals surface area (Å²) < 4.78 is 11.5. The molecule has 3 aromatic rings. The van der Waals surface area contributed by atoms with E-state index in [1.807, 2.05) is 18.2 Å². The van der Waals surface area contributed by atoms with Gasteiger partial charge in [-0.25, -0.2) is 4.99 Å². The monoisotopic (exact) mass is 452 g/mol. The van der Waals surface area contributed by atoms with Gasteiger partial charge in [0.1, 0.15) is 5.42 Å². The van der Waals surface area contributed by atoms with E-state index in [0.717, 1.165) is 0 Å². The number of carbonyl (C=O) groups excluding carboxylic acids is 2. The number of hydrogen-bond acceptors (Lipinski definition) is 6. The molecule has 3 aliphatic heterocycles. The number of hydrogen-bond donors (Lipinski definition) is 3. The van der Waals surface area contributed by atoms with Crippen molar-refractivity contribution in [2.24, 2.45) is 10.9 Å². The molecule has 4 aliphatic rings. The van der Waals surface area contributed by atoms with Crippen LogP contribution in [-0.4, -0.2) is 34.4 Å². The van der Waals surface area contributed by atoms with Gasteiger partial charge in [-0.3, -0.25) is 9.59 Å². The lowest BCUT2D eigenvalue weighted by atomic mass is 9.86. The van der Waals surface area contributed by atoms with E-state index in [0.29, 0.717) is 43.6 Å². The van der Waals surface area contributed by atoms with Crippen molar-refractivity contribution in [3.63, 3.8) is 0 Å². The van der Waals surface area contributed by atoms with Gasteiger partial charge < -0.3 is 24.7 Å². The molecule has 4 heterocycles. The Labute approximate surface area is 191 Å². The second kappa shape index (κ2) is 6.63. The van der Waals surface area contributed by atoms with Gasteiger partial charge in [0.15, 0.2) is 6.29 Å². The molecule has 1 aliphatic carbocycles. The highest BCUT2D eigenvalue weighted by molar-refractivity contribution is 6.32. The summed E-state index contributed by atoms with van der Waals surface area (Å²) in [4.78, 5) is 29.6. The normalized spacial score (nSPS) is 26.1. The number of ether oxygens (including phenoxy) is 1. The van der Waals surface area contributed by atoms with E-state index in [4.69, 9.17) is 9.15 Å². The number of furan rings is 1. The lowest BCUT2D eigenvalue weighted by molar-refractivity contribution is -0.112. The van der Waals surface area contributed by atoms with Gasteiger partial charge >= 0.3 is 0 Å². The fraction of sp³-hybridized carbons (Fsp3) is 0.115. The average Bonchev–Trinajstić information content (AvgIpc) is 3.51. The van der Waals surface area contributed by atoms with E-state index >= 15 is 0 Å². The predicted molar refractivity (Wildman–Crippen MR) is 120 cm³/mol. The van der Waals surface area contributed by atoms with Crippen LogP contribution in [0.3, 0.4) is 0 Å². The van der Waals surface area contributed by atoms with Gasteiger partial charge in [-0.05, 0) is 24.3 Å². The van der Waals surface area contributed by atoms with Crippen molar-refractivity contribution in [1.29, 1.82) is 0 Å². The van der Waals surface area contributed by atoms with Gasteiger partial charge in [0, 0.05) is 33.2 Å². The molecule has 1 fully saturated rings. The minimum absolute atomic E-state index is 0.242. The van der Waals surface area contributed by atoms with Gasteiger partial charge in [0.05, 0.1) is 28.2 Å². The second-order valence-electron chi connectivity index (χ2n) is 8.51. The molecule has 1 aromatic heterocycles. The van der Waals surface area contributed by atoms with Gasteiger partial charge in [-0.1, -0.05) is 36.4 Å². The first-order valence-electron chi connectivity index (χ1n) is 10.8. The highest BCUT2D eigenvalue weighted by Gasteiger charge is 2.44. The van der Waals surface area contributed by atoms with Gasteiger partial charge in [0.25, 0.3) is 17.8 Å². The number of amides is 2. The first kappa shape index (κ1) is 19.2. The third-order valence-corrected chi connectivity index (χ3v) is 6.70. The number of anilines is 1. The summed E-state index contributed by atoms with van der Waals surface area (Å²) in [5.41, 5.74) is 2.99. The van der Waals surface area contributed by atoms with Crippen LogP contribution in [0.25, 0.3) is 23.3 Å². The number of fused-ring (bicyclic) bond motifs is 4. The van der Waals surface area contributed by atoms with E-state index in [9.17, 15) is 19.8 Å². The lowest BCUT2D eigenvalue weighted by Crippen LogP contribution is -2.34. The molecular formula is C26H16N2O6. The molecule has 3 unspecified atom stereocenters. The Bertz CT molecular complexity index is 1750. The van der Waals surface area contributed by atoms with Crippen molar-refractivity contribution in [1.82, 2.24) is 0 Å². The predicted octanol–water partition coefficient (Wildman–Crippen LogP) is -0.342. The number of rotatable bonds is 1. The van der Waals surface area contributed by atoms with Crippen LogP contribution in [-0.2, 0) is 14.3 Å². The number of carbonyl (C=O) groups is 2. The third kappa shape index (κ3) is 2.46. The number of nitrogens with one attached hydrogen (secondary N) is 1. The molecular weight excluding hydrogens is 436 g/mol. The number of para-hydroxylation sites is 2. The highest BCUT2D eigenvalue weighted by atomic mass is 16.6. The number of aliphatic hydroxyl groups is 1. The zero-order chi connectivity index (χ0) is 23.1. The van der Waals surface area contributed by atoms with E-state index in [1.54, 1.807) is 42.5 Å². The van der Waals surface area contributed by atoms with Crippen molar-refractivity contribution < 1.29 is 29.0 Å². The molecule has 1 saturated heterocycles. The smallest absolute Gasteiger partial charge is 0.291 e. The maximum absolute atomic E-state index is 12.8. The number of aromatic hydroxyl groups is 1. The fourth-order valence-corrected chi connectivity index (χ4v) is 5.28. The fourth-order valence-electron chi connectivity index (χ4n) is 5.28. The van der Waals surface area contributed by atoms with Crippen LogP contribution in [0.4, 0.5) is 5.69 Å². The Kier molecular flexibility index (Phi) is 3.75. The second-order valence-corrected chi connectivity index (χ2v) is 8.51. The Hall–Kier alpha value is -4.27. The van der Waals surface area contributed by atoms with Gasteiger partial charge in [-0.15, -0.1) is 0 Å². The highest BCUT2D eigenvalue weighted by Crippen LogP contribution is 2.43. The topological polar surface area (TPSA) is 121 Å². The molecule has 8 heteroatoms. The summed E-state index contributed by atoms with van der Waals surface area (Å²) in [5.74, 6) is -1.67. The Morgan fingerprint density at radius 3 is 2.65 bits per heavy atom. The van der Waals surface area contributed by atoms with Crippen LogP contribution in [0.2, 0.25) is 0 Å². The summed E-state index contributed by atoms with van der Waals surface area (Å²) in [6.45, 7) is 0. The van der Waals surface area contributed by atoms with Crippen LogP contribution < -0.4 is 26.5 Å². The molecule has 2 aromatic carbocycles. The van der Waals surface area contributed by atoms with Crippen molar-refractivity contribution in [3.8, 4) is 5.95 Å². The lowest BCUT2D eigenvalue weighted by Gasteiger charge is -2.15. The number of benzene rings is 2. The van der Waals surface area contributed by atoms with Crippen molar-refractivity contribution in [2.75, 3.05) is 5.32 Å². The Morgan fingerprint density at radius 1 is 0.971 bits per heavy atom. The third-order valence-electron chi connectivity index (χ3n) is 6.70. The molecule has 166 valence electrons. The molecule has 7 rings (SSSR count). The summed E-state index contributed by atoms with van der Waals surface area (Å²) in [6.07, 6.45) is 1.52. The molecule has 34 heavy (non-hydrogen) atoms. The quantitative estimate of drug-likeness (QED) is 0.435. The molecule has 3 N–H and O–H groups in total. The summed E-state index contributed by atoms with van der Waals surface area (Å²) in [5, 5.41) is 25.9. The molecule has 0 bridgehead atoms. The van der Waals surface area contributed by atoms with Crippen molar-refractivity contribution in [3.05, 3.63) is 86.4 Å². The van der Waals surface area contributed by atoms with E-state index in [-0.39, 0.29) is 17.0 Å². The molecule has 2 amide bonds. The van der Waals surface area contributed by atoms with E-state index < -0.39 is 30.2 Å². The van der Waals surface area contributed by atoms with Crippen molar-refractivity contribution in [2.45, 2.75) is 12.4 Å². The largest absolute Gasteiger partial charge is 0.480 e. The van der Waals surface area contributed by atoms with Crippen LogP contribution in [0.1, 0.15) is 11.1 Å². The zero-order valence-electron chi connectivity index (χ0n) is 17.5. The van der Waals surface area contributed by atoms with E-state index in [2.05, 4.69) is 10.3 Å². The van der Waals surface area contributed by atoms with Gasteiger partial charge in [0.2, 0.25) is 0 Å². The SMILES string of the molecule is O=C1N=c2ccccc2=C1c1c(O)oc2c1=CC1OC(O)/C(=C3\C(=O)Nc4ccccc43)C1C=2. The zero-order valence-corrected chi connectivity index (χ0v) is 17.5. The van der Waals surface area contributed by atoms with Crippen molar-refractivity contribution >= 4 is 40.8 Å². The summed E-state index contributed by atoms with van der Waals surface area (Å²) >= 11 is 0. The van der Waals surface area contributed by atoms with Crippen LogP contribution >= 0.6 is 0 Å². The average molecular weight is 452 g/mol. The van der Waals surface area contributed by atoms with Gasteiger partial charge in [-0.2, -0.15) is 0 Å². The number of aliphatic hydroxyl groups excluding tert-OH is 1.